The third-order valence-electron chi connectivity index (χ3n) is 2.66. The molecule has 0 aromatic heterocycles. The van der Waals surface area contributed by atoms with Crippen LogP contribution in [0.25, 0.3) is 0 Å². The number of hydrogen-bond donors (Lipinski definition) is 2. The number of rotatable bonds is 5. The molecule has 0 unspecified atom stereocenters. The van der Waals surface area contributed by atoms with E-state index in [1.807, 2.05) is 55.5 Å². The van der Waals surface area contributed by atoms with Gasteiger partial charge in [0, 0.05) is 24.0 Å². The standard InChI is InChI=1S/C16H18N2O2/c1-3-20-16-10-8-15(9-11-16)18-14-6-4-13(5-7-14)17-12(2)19/h4-11,18H,3H2,1-2H3,(H,17,19). The smallest absolute Gasteiger partial charge is 0.221 e. The first-order valence-electron chi connectivity index (χ1n) is 6.55. The van der Waals surface area contributed by atoms with Crippen LogP contribution in [0.5, 0.6) is 5.75 Å². The number of hydrogen-bond acceptors (Lipinski definition) is 3. The number of benzene rings is 2. The molecule has 0 saturated carbocycles. The number of carbonyl (C=O) groups is 1. The Balaban J connectivity index is 2.00. The van der Waals surface area contributed by atoms with Crippen LogP contribution in [0.1, 0.15) is 13.8 Å². The quantitative estimate of drug-likeness (QED) is 0.869. The molecule has 0 atom stereocenters. The molecule has 0 bridgehead atoms. The lowest BCUT2D eigenvalue weighted by Crippen LogP contribution is -2.05. The Morgan fingerprint density at radius 3 is 1.95 bits per heavy atom. The van der Waals surface area contributed by atoms with Crippen molar-refractivity contribution in [1.29, 1.82) is 0 Å². The van der Waals surface area contributed by atoms with Crippen molar-refractivity contribution in [3.63, 3.8) is 0 Å². The summed E-state index contributed by atoms with van der Waals surface area (Å²) in [5, 5.41) is 6.02. The maximum Gasteiger partial charge on any atom is 0.221 e. The second-order valence-electron chi connectivity index (χ2n) is 4.34. The van der Waals surface area contributed by atoms with Crippen LogP contribution in [0.15, 0.2) is 48.5 Å². The summed E-state index contributed by atoms with van der Waals surface area (Å²) in [6.45, 7) is 4.12. The molecule has 2 rings (SSSR count). The van der Waals surface area contributed by atoms with Crippen molar-refractivity contribution in [2.45, 2.75) is 13.8 Å². The minimum atomic E-state index is -0.0720. The highest BCUT2D eigenvalue weighted by Gasteiger charge is 1.98. The Morgan fingerprint density at radius 2 is 1.45 bits per heavy atom. The average molecular weight is 270 g/mol. The van der Waals surface area contributed by atoms with E-state index in [1.54, 1.807) is 0 Å². The van der Waals surface area contributed by atoms with Gasteiger partial charge in [-0.3, -0.25) is 4.79 Å². The van der Waals surface area contributed by atoms with Gasteiger partial charge >= 0.3 is 0 Å². The van der Waals surface area contributed by atoms with Gasteiger partial charge in [0.1, 0.15) is 5.75 Å². The van der Waals surface area contributed by atoms with Gasteiger partial charge in [0.05, 0.1) is 6.61 Å². The largest absolute Gasteiger partial charge is 0.494 e. The Morgan fingerprint density at radius 1 is 0.950 bits per heavy atom. The van der Waals surface area contributed by atoms with Crippen molar-refractivity contribution >= 4 is 23.0 Å². The monoisotopic (exact) mass is 270 g/mol. The van der Waals surface area contributed by atoms with Crippen molar-refractivity contribution < 1.29 is 9.53 Å². The molecule has 2 aromatic carbocycles. The first kappa shape index (κ1) is 13.9. The summed E-state index contributed by atoms with van der Waals surface area (Å²) in [4.78, 5) is 10.9. The van der Waals surface area contributed by atoms with E-state index >= 15 is 0 Å². The Labute approximate surface area is 118 Å². The predicted octanol–water partition coefficient (Wildman–Crippen LogP) is 3.79. The highest BCUT2D eigenvalue weighted by Crippen LogP contribution is 2.21. The normalized spacial score (nSPS) is 9.90. The lowest BCUT2D eigenvalue weighted by Gasteiger charge is -2.09. The zero-order valence-corrected chi connectivity index (χ0v) is 11.6. The second-order valence-corrected chi connectivity index (χ2v) is 4.34. The Bertz CT molecular complexity index is 562. The van der Waals surface area contributed by atoms with Gasteiger partial charge in [-0.1, -0.05) is 0 Å². The molecule has 0 fully saturated rings. The summed E-state index contributed by atoms with van der Waals surface area (Å²) < 4.78 is 5.40. The van der Waals surface area contributed by atoms with E-state index in [-0.39, 0.29) is 5.91 Å². The van der Waals surface area contributed by atoms with E-state index in [1.165, 1.54) is 6.92 Å². The summed E-state index contributed by atoms with van der Waals surface area (Å²) in [5.41, 5.74) is 2.73. The summed E-state index contributed by atoms with van der Waals surface area (Å²) in [6, 6.07) is 15.3. The van der Waals surface area contributed by atoms with Gasteiger partial charge in [-0.05, 0) is 55.5 Å². The van der Waals surface area contributed by atoms with Gasteiger partial charge in [-0.25, -0.2) is 0 Å². The minimum Gasteiger partial charge on any atom is -0.494 e. The SMILES string of the molecule is CCOc1ccc(Nc2ccc(NC(C)=O)cc2)cc1. The van der Waals surface area contributed by atoms with Gasteiger partial charge < -0.3 is 15.4 Å². The fourth-order valence-corrected chi connectivity index (χ4v) is 1.81. The van der Waals surface area contributed by atoms with Crippen LogP contribution in [0, 0.1) is 0 Å². The predicted molar refractivity (Wildman–Crippen MR) is 81.6 cm³/mol. The fourth-order valence-electron chi connectivity index (χ4n) is 1.81. The maximum absolute atomic E-state index is 10.9. The molecule has 4 heteroatoms. The van der Waals surface area contributed by atoms with Crippen LogP contribution in [0.4, 0.5) is 17.1 Å². The summed E-state index contributed by atoms with van der Waals surface area (Å²) >= 11 is 0. The first-order valence-corrected chi connectivity index (χ1v) is 6.55. The summed E-state index contributed by atoms with van der Waals surface area (Å²) in [6.07, 6.45) is 0. The zero-order chi connectivity index (χ0) is 14.4. The molecular formula is C16H18N2O2. The number of anilines is 3. The van der Waals surface area contributed by atoms with Crippen molar-refractivity contribution in [3.05, 3.63) is 48.5 Å². The van der Waals surface area contributed by atoms with E-state index in [0.717, 1.165) is 22.8 Å². The molecule has 1 amide bonds. The van der Waals surface area contributed by atoms with Gasteiger partial charge in [-0.15, -0.1) is 0 Å². The zero-order valence-electron chi connectivity index (χ0n) is 11.6. The van der Waals surface area contributed by atoms with Crippen LogP contribution < -0.4 is 15.4 Å². The average Bonchev–Trinajstić information content (AvgIpc) is 2.43. The molecule has 104 valence electrons. The lowest BCUT2D eigenvalue weighted by atomic mass is 10.2. The molecule has 0 saturated heterocycles. The number of ether oxygens (including phenoxy) is 1. The lowest BCUT2D eigenvalue weighted by molar-refractivity contribution is -0.114. The molecule has 0 aliphatic rings. The molecule has 2 aromatic rings. The number of carbonyl (C=O) groups excluding carboxylic acids is 1. The van der Waals surface area contributed by atoms with Crippen molar-refractivity contribution in [2.24, 2.45) is 0 Å². The Hall–Kier alpha value is -2.49. The van der Waals surface area contributed by atoms with Crippen LogP contribution in [-0.4, -0.2) is 12.5 Å². The van der Waals surface area contributed by atoms with Crippen LogP contribution in [0.2, 0.25) is 0 Å². The maximum atomic E-state index is 10.9. The minimum absolute atomic E-state index is 0.0720. The number of nitrogens with one attached hydrogen (secondary N) is 2. The molecule has 0 radical (unpaired) electrons. The van der Waals surface area contributed by atoms with E-state index in [4.69, 9.17) is 4.74 Å². The van der Waals surface area contributed by atoms with Crippen molar-refractivity contribution in [1.82, 2.24) is 0 Å². The van der Waals surface area contributed by atoms with Crippen LogP contribution in [-0.2, 0) is 4.79 Å². The molecule has 0 spiro atoms. The van der Waals surface area contributed by atoms with Gasteiger partial charge in [-0.2, -0.15) is 0 Å². The van der Waals surface area contributed by atoms with Gasteiger partial charge in [0.15, 0.2) is 0 Å². The second kappa shape index (κ2) is 6.61. The fraction of sp³-hybridized carbons (Fsp3) is 0.188. The molecule has 2 N–H and O–H groups in total. The molecule has 0 heterocycles. The summed E-state index contributed by atoms with van der Waals surface area (Å²) in [5.74, 6) is 0.788. The van der Waals surface area contributed by atoms with E-state index in [2.05, 4.69) is 10.6 Å². The van der Waals surface area contributed by atoms with Crippen molar-refractivity contribution in [2.75, 3.05) is 17.2 Å². The van der Waals surface area contributed by atoms with E-state index in [0.29, 0.717) is 6.61 Å². The van der Waals surface area contributed by atoms with Gasteiger partial charge in [0.2, 0.25) is 5.91 Å². The van der Waals surface area contributed by atoms with Gasteiger partial charge in [0.25, 0.3) is 0 Å². The van der Waals surface area contributed by atoms with Crippen molar-refractivity contribution in [3.8, 4) is 5.75 Å². The first-order chi connectivity index (χ1) is 9.67. The van der Waals surface area contributed by atoms with E-state index in [9.17, 15) is 4.79 Å². The highest BCUT2D eigenvalue weighted by molar-refractivity contribution is 5.88. The Kier molecular flexibility index (Phi) is 4.60. The third kappa shape index (κ3) is 4.02. The van der Waals surface area contributed by atoms with Crippen LogP contribution in [0.3, 0.4) is 0 Å². The molecular weight excluding hydrogens is 252 g/mol. The van der Waals surface area contributed by atoms with Crippen LogP contribution >= 0.6 is 0 Å². The summed E-state index contributed by atoms with van der Waals surface area (Å²) in [7, 11) is 0. The molecule has 4 nitrogen and oxygen atoms in total. The molecule has 20 heavy (non-hydrogen) atoms. The molecule has 0 aliphatic heterocycles. The third-order valence-corrected chi connectivity index (χ3v) is 2.66. The molecule has 0 aliphatic carbocycles. The highest BCUT2D eigenvalue weighted by atomic mass is 16.5. The number of amides is 1. The van der Waals surface area contributed by atoms with E-state index < -0.39 is 0 Å². The topological polar surface area (TPSA) is 50.4 Å².